The summed E-state index contributed by atoms with van der Waals surface area (Å²) >= 11 is 5.55. The van der Waals surface area contributed by atoms with Crippen molar-refractivity contribution in [3.05, 3.63) is 0 Å². The highest BCUT2D eigenvalue weighted by atomic mass is 35.5. The molecule has 130 valence electrons. The molecule has 21 heavy (non-hydrogen) atoms. The Hall–Kier alpha value is -0.570. The van der Waals surface area contributed by atoms with Crippen molar-refractivity contribution < 1.29 is 32.5 Å². The lowest BCUT2D eigenvalue weighted by molar-refractivity contribution is -0.192. The number of aliphatic carboxylic acids is 1. The predicted octanol–water partition coefficient (Wildman–Crippen LogP) is 3.63. The minimum Gasteiger partial charge on any atom is -0.475 e. The van der Waals surface area contributed by atoms with Crippen molar-refractivity contribution in [2.45, 2.75) is 38.8 Å². The Morgan fingerprint density at radius 2 is 1.52 bits per heavy atom. The normalized spacial score (nSPS) is 10.3. The molecule has 0 bridgehead atoms. The summed E-state index contributed by atoms with van der Waals surface area (Å²) in [5.74, 6) is -1.97. The van der Waals surface area contributed by atoms with Gasteiger partial charge in [-0.1, -0.05) is 12.8 Å². The van der Waals surface area contributed by atoms with Crippen LogP contribution in [0.1, 0.15) is 32.6 Å². The molecule has 9 heteroatoms. The fraction of sp³-hybridized carbons (Fsp3) is 0.917. The molecule has 0 rings (SSSR count). The van der Waals surface area contributed by atoms with Crippen molar-refractivity contribution in [2.75, 3.05) is 32.3 Å². The maximum atomic E-state index is 10.6. The van der Waals surface area contributed by atoms with Crippen molar-refractivity contribution >= 4 is 17.6 Å². The Morgan fingerprint density at radius 3 is 1.95 bits per heavy atom. The number of hydrogen-bond acceptors (Lipinski definition) is 4. The SMILES string of the molecule is CCOCCOCCCCCCCl.N.O=C(O)C(F)(F)F. The molecule has 0 aliphatic carbocycles. The third-order valence-electron chi connectivity index (χ3n) is 1.99. The molecule has 0 aliphatic heterocycles. The van der Waals surface area contributed by atoms with Gasteiger partial charge in [-0.3, -0.25) is 0 Å². The van der Waals surface area contributed by atoms with Gasteiger partial charge in [0.1, 0.15) is 0 Å². The summed E-state index contributed by atoms with van der Waals surface area (Å²) in [6.07, 6.45) is -0.372. The van der Waals surface area contributed by atoms with E-state index in [2.05, 4.69) is 0 Å². The van der Waals surface area contributed by atoms with Crippen LogP contribution in [0.4, 0.5) is 13.2 Å². The van der Waals surface area contributed by atoms with Gasteiger partial charge in [0.25, 0.3) is 0 Å². The van der Waals surface area contributed by atoms with Crippen LogP contribution in [-0.2, 0) is 14.3 Å². The van der Waals surface area contributed by atoms with Gasteiger partial charge in [-0.2, -0.15) is 13.2 Å². The molecule has 0 aromatic heterocycles. The monoisotopic (exact) mass is 339 g/mol. The van der Waals surface area contributed by atoms with E-state index in [1.165, 1.54) is 12.8 Å². The Bertz CT molecular complexity index is 221. The third-order valence-corrected chi connectivity index (χ3v) is 2.26. The van der Waals surface area contributed by atoms with Gasteiger partial charge in [-0.05, 0) is 19.8 Å². The molecule has 0 saturated heterocycles. The molecule has 0 saturated carbocycles. The first-order valence-electron chi connectivity index (χ1n) is 6.37. The Kier molecular flexibility index (Phi) is 21.1. The van der Waals surface area contributed by atoms with Crippen LogP contribution in [0, 0.1) is 0 Å². The van der Waals surface area contributed by atoms with E-state index in [0.717, 1.165) is 45.1 Å². The van der Waals surface area contributed by atoms with E-state index < -0.39 is 12.1 Å². The van der Waals surface area contributed by atoms with Gasteiger partial charge in [0.15, 0.2) is 0 Å². The van der Waals surface area contributed by atoms with Gasteiger partial charge in [-0.25, -0.2) is 4.79 Å². The first-order chi connectivity index (χ1) is 9.36. The van der Waals surface area contributed by atoms with E-state index in [1.54, 1.807) is 0 Å². The number of carbonyl (C=O) groups is 1. The molecule has 4 N–H and O–H groups in total. The first-order valence-corrected chi connectivity index (χ1v) is 6.91. The maximum Gasteiger partial charge on any atom is 0.490 e. The summed E-state index contributed by atoms with van der Waals surface area (Å²) in [6, 6.07) is 0. The summed E-state index contributed by atoms with van der Waals surface area (Å²) in [7, 11) is 0. The summed E-state index contributed by atoms with van der Waals surface area (Å²) in [6.45, 7) is 5.07. The van der Waals surface area contributed by atoms with E-state index in [1.807, 2.05) is 6.92 Å². The largest absolute Gasteiger partial charge is 0.490 e. The summed E-state index contributed by atoms with van der Waals surface area (Å²) < 4.78 is 42.2. The molecule has 0 radical (unpaired) electrons. The Balaban J connectivity index is -0.000000347. The highest BCUT2D eigenvalue weighted by Crippen LogP contribution is 2.13. The second-order valence-electron chi connectivity index (χ2n) is 3.72. The van der Waals surface area contributed by atoms with Gasteiger partial charge >= 0.3 is 12.1 Å². The molecule has 0 fully saturated rings. The average Bonchev–Trinajstić information content (AvgIpc) is 2.36. The number of hydrogen-bond donors (Lipinski definition) is 2. The number of carboxylic acid groups (broad SMARTS) is 1. The number of alkyl halides is 4. The number of unbranched alkanes of at least 4 members (excludes halogenated alkanes) is 3. The lowest BCUT2D eigenvalue weighted by Gasteiger charge is -2.03. The van der Waals surface area contributed by atoms with E-state index >= 15 is 0 Å². The Labute approximate surface area is 128 Å². The van der Waals surface area contributed by atoms with E-state index in [9.17, 15) is 13.2 Å². The second kappa shape index (κ2) is 17.5. The number of ether oxygens (including phenoxy) is 2. The zero-order valence-corrected chi connectivity index (χ0v) is 13.0. The van der Waals surface area contributed by atoms with Crippen LogP contribution in [0.25, 0.3) is 0 Å². The van der Waals surface area contributed by atoms with E-state index in [0.29, 0.717) is 0 Å². The Morgan fingerprint density at radius 1 is 1.05 bits per heavy atom. The van der Waals surface area contributed by atoms with Crippen LogP contribution in [0.15, 0.2) is 0 Å². The average molecular weight is 340 g/mol. The standard InChI is InChI=1S/C10H21ClO2.C2HF3O2.H3N/c1-2-12-9-10-13-8-6-4-3-5-7-11;3-2(4,5)1(6)7;/h2-10H2,1H3;(H,6,7);1H3. The molecular weight excluding hydrogens is 315 g/mol. The fourth-order valence-corrected chi connectivity index (χ4v) is 1.21. The fourth-order valence-electron chi connectivity index (χ4n) is 1.02. The van der Waals surface area contributed by atoms with Crippen molar-refractivity contribution in [3.8, 4) is 0 Å². The quantitative estimate of drug-likeness (QED) is 0.468. The van der Waals surface area contributed by atoms with Gasteiger partial charge in [-0.15, -0.1) is 11.6 Å². The molecule has 0 unspecified atom stereocenters. The number of halogens is 4. The molecule has 0 aliphatic rings. The van der Waals surface area contributed by atoms with Gasteiger partial charge < -0.3 is 20.7 Å². The highest BCUT2D eigenvalue weighted by molar-refractivity contribution is 6.17. The second-order valence-corrected chi connectivity index (χ2v) is 4.09. The molecular formula is C12H25ClF3NO4. The van der Waals surface area contributed by atoms with Gasteiger partial charge in [0, 0.05) is 19.1 Å². The van der Waals surface area contributed by atoms with Crippen LogP contribution in [-0.4, -0.2) is 49.6 Å². The smallest absolute Gasteiger partial charge is 0.475 e. The zero-order valence-electron chi connectivity index (χ0n) is 12.3. The molecule has 0 heterocycles. The highest BCUT2D eigenvalue weighted by Gasteiger charge is 2.38. The van der Waals surface area contributed by atoms with Crippen LogP contribution in [0.2, 0.25) is 0 Å². The van der Waals surface area contributed by atoms with Gasteiger partial charge in [0.05, 0.1) is 13.2 Å². The molecule has 0 atom stereocenters. The predicted molar refractivity (Wildman–Crippen MR) is 75.2 cm³/mol. The van der Waals surface area contributed by atoms with E-state index in [4.69, 9.17) is 31.0 Å². The maximum absolute atomic E-state index is 10.6. The first kappa shape index (κ1) is 25.4. The third kappa shape index (κ3) is 24.8. The summed E-state index contributed by atoms with van der Waals surface area (Å²) in [5, 5.41) is 7.12. The molecule has 0 aromatic rings. The summed E-state index contributed by atoms with van der Waals surface area (Å²) in [5.41, 5.74) is 0. The van der Waals surface area contributed by atoms with Crippen molar-refractivity contribution in [1.82, 2.24) is 6.15 Å². The lowest BCUT2D eigenvalue weighted by Crippen LogP contribution is -2.21. The van der Waals surface area contributed by atoms with Crippen LogP contribution >= 0.6 is 11.6 Å². The van der Waals surface area contributed by atoms with Crippen molar-refractivity contribution in [1.29, 1.82) is 0 Å². The summed E-state index contributed by atoms with van der Waals surface area (Å²) in [4.78, 5) is 8.90. The zero-order chi connectivity index (χ0) is 15.9. The van der Waals surface area contributed by atoms with Crippen molar-refractivity contribution in [3.63, 3.8) is 0 Å². The molecule has 0 spiro atoms. The lowest BCUT2D eigenvalue weighted by atomic mass is 10.2. The molecule has 0 amide bonds. The number of carboxylic acids is 1. The minimum absolute atomic E-state index is 0. The van der Waals surface area contributed by atoms with Crippen molar-refractivity contribution in [2.24, 2.45) is 0 Å². The minimum atomic E-state index is -5.08. The number of rotatable bonds is 10. The van der Waals surface area contributed by atoms with E-state index in [-0.39, 0.29) is 6.15 Å². The molecule has 0 aromatic carbocycles. The molecule has 5 nitrogen and oxygen atoms in total. The van der Waals surface area contributed by atoms with Crippen LogP contribution < -0.4 is 6.15 Å². The van der Waals surface area contributed by atoms with Gasteiger partial charge in [0.2, 0.25) is 0 Å². The topological polar surface area (TPSA) is 90.8 Å². The van der Waals surface area contributed by atoms with Crippen LogP contribution in [0.5, 0.6) is 0 Å². The van der Waals surface area contributed by atoms with Crippen LogP contribution in [0.3, 0.4) is 0 Å².